The quantitative estimate of drug-likeness (QED) is 0.843. The SMILES string of the molecule is NC1(COCc2ccc(O)cc2)CCCCC1. The van der Waals surface area contributed by atoms with Gasteiger partial charge in [-0.2, -0.15) is 0 Å². The minimum atomic E-state index is -0.116. The first kappa shape index (κ1) is 12.4. The van der Waals surface area contributed by atoms with Gasteiger partial charge >= 0.3 is 0 Å². The van der Waals surface area contributed by atoms with Crippen molar-refractivity contribution >= 4 is 0 Å². The Morgan fingerprint density at radius 1 is 1.12 bits per heavy atom. The number of hydrogen-bond acceptors (Lipinski definition) is 3. The van der Waals surface area contributed by atoms with E-state index in [2.05, 4.69) is 0 Å². The first-order valence-electron chi connectivity index (χ1n) is 6.33. The van der Waals surface area contributed by atoms with Gasteiger partial charge in [-0.1, -0.05) is 31.4 Å². The van der Waals surface area contributed by atoms with Crippen LogP contribution in [0.3, 0.4) is 0 Å². The number of ether oxygens (including phenoxy) is 1. The topological polar surface area (TPSA) is 55.5 Å². The minimum absolute atomic E-state index is 0.116. The van der Waals surface area contributed by atoms with Crippen LogP contribution >= 0.6 is 0 Å². The zero-order chi connectivity index (χ0) is 12.1. The van der Waals surface area contributed by atoms with Gasteiger partial charge in [0, 0.05) is 5.54 Å². The van der Waals surface area contributed by atoms with Crippen molar-refractivity contribution < 1.29 is 9.84 Å². The minimum Gasteiger partial charge on any atom is -0.508 e. The predicted octanol–water partition coefficient (Wildman–Crippen LogP) is 2.57. The van der Waals surface area contributed by atoms with Crippen molar-refractivity contribution in [3.8, 4) is 5.75 Å². The summed E-state index contributed by atoms with van der Waals surface area (Å²) in [6, 6.07) is 7.10. The largest absolute Gasteiger partial charge is 0.508 e. The summed E-state index contributed by atoms with van der Waals surface area (Å²) in [5.74, 6) is 0.288. The maximum atomic E-state index is 9.17. The van der Waals surface area contributed by atoms with E-state index in [1.165, 1.54) is 19.3 Å². The molecule has 0 atom stereocenters. The molecule has 94 valence electrons. The second-order valence-electron chi connectivity index (χ2n) is 5.08. The highest BCUT2D eigenvalue weighted by Crippen LogP contribution is 2.26. The Labute approximate surface area is 103 Å². The summed E-state index contributed by atoms with van der Waals surface area (Å²) in [6.45, 7) is 1.20. The average Bonchev–Trinajstić information content (AvgIpc) is 2.32. The molecule has 0 saturated heterocycles. The number of benzene rings is 1. The fourth-order valence-electron chi connectivity index (χ4n) is 2.36. The molecule has 1 aromatic rings. The van der Waals surface area contributed by atoms with Crippen molar-refractivity contribution in [2.24, 2.45) is 5.73 Å². The normalized spacial score (nSPS) is 19.1. The molecule has 1 aliphatic rings. The van der Waals surface area contributed by atoms with Crippen LogP contribution in [0.4, 0.5) is 0 Å². The van der Waals surface area contributed by atoms with Gasteiger partial charge < -0.3 is 15.6 Å². The molecule has 0 radical (unpaired) electrons. The Bertz CT molecular complexity index is 342. The van der Waals surface area contributed by atoms with Crippen LogP contribution in [0.15, 0.2) is 24.3 Å². The van der Waals surface area contributed by atoms with E-state index in [1.54, 1.807) is 12.1 Å². The highest BCUT2D eigenvalue weighted by atomic mass is 16.5. The van der Waals surface area contributed by atoms with E-state index in [-0.39, 0.29) is 11.3 Å². The first-order chi connectivity index (χ1) is 8.18. The second-order valence-corrected chi connectivity index (χ2v) is 5.08. The first-order valence-corrected chi connectivity index (χ1v) is 6.33. The number of nitrogens with two attached hydrogens (primary N) is 1. The Morgan fingerprint density at radius 3 is 2.41 bits per heavy atom. The predicted molar refractivity (Wildman–Crippen MR) is 67.8 cm³/mol. The molecule has 0 spiro atoms. The summed E-state index contributed by atoms with van der Waals surface area (Å²) in [5, 5.41) is 9.17. The van der Waals surface area contributed by atoms with E-state index in [0.29, 0.717) is 13.2 Å². The van der Waals surface area contributed by atoms with Crippen molar-refractivity contribution in [2.45, 2.75) is 44.2 Å². The highest BCUT2D eigenvalue weighted by molar-refractivity contribution is 5.25. The van der Waals surface area contributed by atoms with Crippen LogP contribution in [0.25, 0.3) is 0 Å². The molecule has 1 saturated carbocycles. The Hall–Kier alpha value is -1.06. The van der Waals surface area contributed by atoms with Gasteiger partial charge in [0.1, 0.15) is 5.75 Å². The summed E-state index contributed by atoms with van der Waals surface area (Å²) >= 11 is 0. The second kappa shape index (κ2) is 5.52. The van der Waals surface area contributed by atoms with Crippen molar-refractivity contribution in [1.82, 2.24) is 0 Å². The lowest BCUT2D eigenvalue weighted by Gasteiger charge is -2.33. The number of aromatic hydroxyl groups is 1. The molecular formula is C14H21NO2. The summed E-state index contributed by atoms with van der Waals surface area (Å²) in [5.41, 5.74) is 7.24. The molecule has 3 heteroatoms. The van der Waals surface area contributed by atoms with Gasteiger partial charge in [-0.05, 0) is 30.5 Å². The molecule has 0 heterocycles. The maximum Gasteiger partial charge on any atom is 0.115 e. The number of hydrogen-bond donors (Lipinski definition) is 2. The number of phenols is 1. The van der Waals surface area contributed by atoms with Gasteiger partial charge in [-0.25, -0.2) is 0 Å². The van der Waals surface area contributed by atoms with Crippen molar-refractivity contribution in [3.05, 3.63) is 29.8 Å². The third kappa shape index (κ3) is 3.72. The fourth-order valence-corrected chi connectivity index (χ4v) is 2.36. The van der Waals surface area contributed by atoms with Gasteiger partial charge in [0.05, 0.1) is 13.2 Å². The lowest BCUT2D eigenvalue weighted by Crippen LogP contribution is -2.46. The molecule has 0 aromatic heterocycles. The summed E-state index contributed by atoms with van der Waals surface area (Å²) in [6.07, 6.45) is 5.89. The zero-order valence-electron chi connectivity index (χ0n) is 10.2. The molecule has 0 amide bonds. The monoisotopic (exact) mass is 235 g/mol. The maximum absolute atomic E-state index is 9.17. The van der Waals surface area contributed by atoms with Crippen LogP contribution in [0.1, 0.15) is 37.7 Å². The molecule has 3 N–H and O–H groups in total. The number of phenolic OH excluding ortho intramolecular Hbond substituents is 1. The zero-order valence-corrected chi connectivity index (χ0v) is 10.2. The molecule has 0 bridgehead atoms. The Morgan fingerprint density at radius 2 is 1.76 bits per heavy atom. The Kier molecular flexibility index (Phi) is 4.02. The van der Waals surface area contributed by atoms with E-state index in [4.69, 9.17) is 15.6 Å². The summed E-state index contributed by atoms with van der Waals surface area (Å²) < 4.78 is 5.70. The lowest BCUT2D eigenvalue weighted by molar-refractivity contribution is 0.0574. The van der Waals surface area contributed by atoms with Gasteiger partial charge in [-0.3, -0.25) is 0 Å². The van der Waals surface area contributed by atoms with Gasteiger partial charge in [-0.15, -0.1) is 0 Å². The summed E-state index contributed by atoms with van der Waals surface area (Å²) in [4.78, 5) is 0. The van der Waals surface area contributed by atoms with Gasteiger partial charge in [0.2, 0.25) is 0 Å². The van der Waals surface area contributed by atoms with E-state index in [1.807, 2.05) is 12.1 Å². The van der Waals surface area contributed by atoms with Crippen LogP contribution in [0, 0.1) is 0 Å². The van der Waals surface area contributed by atoms with Gasteiger partial charge in [0.15, 0.2) is 0 Å². The average molecular weight is 235 g/mol. The highest BCUT2D eigenvalue weighted by Gasteiger charge is 2.27. The molecule has 1 fully saturated rings. The lowest BCUT2D eigenvalue weighted by atomic mass is 9.83. The molecule has 1 aromatic carbocycles. The van der Waals surface area contributed by atoms with Crippen molar-refractivity contribution in [2.75, 3.05) is 6.61 Å². The smallest absolute Gasteiger partial charge is 0.115 e. The van der Waals surface area contributed by atoms with Crippen molar-refractivity contribution in [1.29, 1.82) is 0 Å². The van der Waals surface area contributed by atoms with Gasteiger partial charge in [0.25, 0.3) is 0 Å². The Balaban J connectivity index is 1.77. The van der Waals surface area contributed by atoms with Crippen LogP contribution in [-0.2, 0) is 11.3 Å². The third-order valence-corrected chi connectivity index (χ3v) is 3.44. The van der Waals surface area contributed by atoms with Crippen LogP contribution in [-0.4, -0.2) is 17.3 Å². The van der Waals surface area contributed by atoms with E-state index >= 15 is 0 Å². The van der Waals surface area contributed by atoms with Crippen LogP contribution in [0.5, 0.6) is 5.75 Å². The van der Waals surface area contributed by atoms with E-state index in [0.717, 1.165) is 18.4 Å². The summed E-state index contributed by atoms with van der Waals surface area (Å²) in [7, 11) is 0. The molecule has 0 unspecified atom stereocenters. The fraction of sp³-hybridized carbons (Fsp3) is 0.571. The molecule has 2 rings (SSSR count). The van der Waals surface area contributed by atoms with Crippen molar-refractivity contribution in [3.63, 3.8) is 0 Å². The van der Waals surface area contributed by atoms with Crippen LogP contribution < -0.4 is 5.73 Å². The van der Waals surface area contributed by atoms with E-state index in [9.17, 15) is 0 Å². The van der Waals surface area contributed by atoms with E-state index < -0.39 is 0 Å². The third-order valence-electron chi connectivity index (χ3n) is 3.44. The molecule has 3 nitrogen and oxygen atoms in total. The molecule has 1 aliphatic carbocycles. The number of rotatable bonds is 4. The standard InChI is InChI=1S/C14H21NO2/c15-14(8-2-1-3-9-14)11-17-10-12-4-6-13(16)7-5-12/h4-7,16H,1-3,8-11,15H2. The molecular weight excluding hydrogens is 214 g/mol. The molecule has 0 aliphatic heterocycles. The van der Waals surface area contributed by atoms with Crippen LogP contribution in [0.2, 0.25) is 0 Å². The molecule has 17 heavy (non-hydrogen) atoms.